The Morgan fingerprint density at radius 1 is 1.23 bits per heavy atom. The molecule has 0 spiro atoms. The highest BCUT2D eigenvalue weighted by atomic mass is 16.3. The zero-order valence-electron chi connectivity index (χ0n) is 12.5. The Morgan fingerprint density at radius 2 is 2.00 bits per heavy atom. The van der Waals surface area contributed by atoms with E-state index in [-0.39, 0.29) is 11.9 Å². The van der Waals surface area contributed by atoms with Crippen LogP contribution in [0, 0.1) is 6.92 Å². The highest BCUT2D eigenvalue weighted by Gasteiger charge is 2.16. The van der Waals surface area contributed by atoms with Gasteiger partial charge in [-0.05, 0) is 32.0 Å². The lowest BCUT2D eigenvalue weighted by molar-refractivity contribution is 0.0930. The quantitative estimate of drug-likeness (QED) is 0.774. The Kier molecular flexibility index (Phi) is 3.78. The first kappa shape index (κ1) is 14.1. The number of rotatable bonds is 4. The first-order valence-corrected chi connectivity index (χ1v) is 7.11. The van der Waals surface area contributed by atoms with Crippen molar-refractivity contribution in [2.24, 2.45) is 0 Å². The van der Waals surface area contributed by atoms with E-state index in [1.54, 1.807) is 6.07 Å². The van der Waals surface area contributed by atoms with Gasteiger partial charge in [0, 0.05) is 5.56 Å². The molecule has 0 radical (unpaired) electrons. The van der Waals surface area contributed by atoms with Gasteiger partial charge in [0.25, 0.3) is 5.91 Å². The van der Waals surface area contributed by atoms with E-state index in [1.807, 2.05) is 56.3 Å². The molecule has 5 nitrogen and oxygen atoms in total. The van der Waals surface area contributed by atoms with Crippen molar-refractivity contribution in [1.82, 2.24) is 15.5 Å². The molecule has 0 aliphatic rings. The molecule has 2 heterocycles. The summed E-state index contributed by atoms with van der Waals surface area (Å²) < 4.78 is 5.52. The molecule has 2 aromatic heterocycles. The minimum Gasteiger partial charge on any atom is -0.464 e. The smallest absolute Gasteiger partial charge is 0.269 e. The molecule has 0 bridgehead atoms. The predicted molar refractivity (Wildman–Crippen MR) is 83.3 cm³/mol. The minimum absolute atomic E-state index is 0.204. The van der Waals surface area contributed by atoms with E-state index in [4.69, 9.17) is 4.42 Å². The third-order valence-corrected chi connectivity index (χ3v) is 3.43. The minimum atomic E-state index is -0.212. The summed E-state index contributed by atoms with van der Waals surface area (Å²) in [4.78, 5) is 12.3. The normalized spacial score (nSPS) is 12.1. The number of carbonyl (C=O) groups excluding carboxylic acids is 1. The van der Waals surface area contributed by atoms with E-state index in [2.05, 4.69) is 15.5 Å². The van der Waals surface area contributed by atoms with Crippen molar-refractivity contribution >= 4 is 5.91 Å². The van der Waals surface area contributed by atoms with Crippen LogP contribution < -0.4 is 5.32 Å². The van der Waals surface area contributed by atoms with Crippen molar-refractivity contribution in [2.45, 2.75) is 19.9 Å². The highest BCUT2D eigenvalue weighted by Crippen LogP contribution is 2.19. The van der Waals surface area contributed by atoms with Crippen LogP contribution in [0.3, 0.4) is 0 Å². The van der Waals surface area contributed by atoms with E-state index < -0.39 is 0 Å². The van der Waals surface area contributed by atoms with Crippen LogP contribution in [0.4, 0.5) is 0 Å². The SMILES string of the molecule is Cc1ccc([C@H](C)NC(=O)c2cc(-c3ccccc3)n[nH]2)o1. The number of nitrogens with one attached hydrogen (secondary N) is 2. The summed E-state index contributed by atoms with van der Waals surface area (Å²) >= 11 is 0. The van der Waals surface area contributed by atoms with E-state index in [1.165, 1.54) is 0 Å². The maximum absolute atomic E-state index is 12.3. The molecular weight excluding hydrogens is 278 g/mol. The van der Waals surface area contributed by atoms with Gasteiger partial charge in [0.05, 0.1) is 11.7 Å². The molecule has 1 amide bonds. The Balaban J connectivity index is 1.72. The number of benzene rings is 1. The molecule has 3 rings (SSSR count). The largest absolute Gasteiger partial charge is 0.464 e. The standard InChI is InChI=1S/C17H17N3O2/c1-11-8-9-16(22-11)12(2)18-17(21)15-10-14(19-20-15)13-6-4-3-5-7-13/h3-10,12H,1-2H3,(H,18,21)(H,19,20)/t12-/m0/s1. The average Bonchev–Trinajstić information content (AvgIpc) is 3.17. The van der Waals surface area contributed by atoms with Gasteiger partial charge in [-0.25, -0.2) is 0 Å². The van der Waals surface area contributed by atoms with Gasteiger partial charge in [-0.15, -0.1) is 0 Å². The Labute approximate surface area is 128 Å². The summed E-state index contributed by atoms with van der Waals surface area (Å²) in [5.41, 5.74) is 2.13. The van der Waals surface area contributed by atoms with Crippen molar-refractivity contribution in [1.29, 1.82) is 0 Å². The topological polar surface area (TPSA) is 70.9 Å². The van der Waals surface area contributed by atoms with E-state index in [0.29, 0.717) is 5.69 Å². The van der Waals surface area contributed by atoms with Gasteiger partial charge in [0.1, 0.15) is 17.2 Å². The van der Waals surface area contributed by atoms with Gasteiger partial charge in [0.2, 0.25) is 0 Å². The Morgan fingerprint density at radius 3 is 2.68 bits per heavy atom. The second-order valence-corrected chi connectivity index (χ2v) is 5.18. The van der Waals surface area contributed by atoms with Crippen LogP contribution in [-0.2, 0) is 0 Å². The first-order valence-electron chi connectivity index (χ1n) is 7.11. The fraction of sp³-hybridized carbons (Fsp3) is 0.176. The van der Waals surface area contributed by atoms with Crippen molar-refractivity contribution in [3.05, 3.63) is 65.7 Å². The number of nitrogens with zero attached hydrogens (tertiary/aromatic N) is 1. The molecule has 0 unspecified atom stereocenters. The van der Waals surface area contributed by atoms with Gasteiger partial charge in [-0.1, -0.05) is 30.3 Å². The number of carbonyl (C=O) groups is 1. The molecule has 0 saturated carbocycles. The third-order valence-electron chi connectivity index (χ3n) is 3.43. The zero-order valence-corrected chi connectivity index (χ0v) is 12.5. The fourth-order valence-corrected chi connectivity index (χ4v) is 2.23. The molecular formula is C17H17N3O2. The van der Waals surface area contributed by atoms with Crippen LogP contribution in [-0.4, -0.2) is 16.1 Å². The van der Waals surface area contributed by atoms with Crippen molar-refractivity contribution in [3.63, 3.8) is 0 Å². The summed E-state index contributed by atoms with van der Waals surface area (Å²) in [7, 11) is 0. The number of hydrogen-bond acceptors (Lipinski definition) is 3. The lowest BCUT2D eigenvalue weighted by Crippen LogP contribution is -2.26. The number of H-pyrrole nitrogens is 1. The Hall–Kier alpha value is -2.82. The van der Waals surface area contributed by atoms with Gasteiger partial charge < -0.3 is 9.73 Å². The summed E-state index contributed by atoms with van der Waals surface area (Å²) in [6, 6.07) is 15.0. The number of furan rings is 1. The number of aryl methyl sites for hydroxylation is 1. The van der Waals surface area contributed by atoms with Crippen LogP contribution in [0.15, 0.2) is 52.9 Å². The molecule has 0 saturated heterocycles. The Bertz CT molecular complexity index is 774. The van der Waals surface area contributed by atoms with Crippen molar-refractivity contribution in [2.75, 3.05) is 0 Å². The molecule has 0 fully saturated rings. The van der Waals surface area contributed by atoms with Crippen molar-refractivity contribution < 1.29 is 9.21 Å². The lowest BCUT2D eigenvalue weighted by atomic mass is 10.1. The first-order chi connectivity index (χ1) is 10.6. The van der Waals surface area contributed by atoms with E-state index in [9.17, 15) is 4.79 Å². The highest BCUT2D eigenvalue weighted by molar-refractivity contribution is 5.93. The van der Waals surface area contributed by atoms with E-state index in [0.717, 1.165) is 22.8 Å². The van der Waals surface area contributed by atoms with Crippen molar-refractivity contribution in [3.8, 4) is 11.3 Å². The summed E-state index contributed by atoms with van der Waals surface area (Å²) in [5, 5.41) is 9.84. The molecule has 1 atom stereocenters. The molecule has 3 aromatic rings. The molecule has 1 aromatic carbocycles. The molecule has 2 N–H and O–H groups in total. The zero-order chi connectivity index (χ0) is 15.5. The lowest BCUT2D eigenvalue weighted by Gasteiger charge is -2.10. The molecule has 112 valence electrons. The molecule has 22 heavy (non-hydrogen) atoms. The van der Waals surface area contributed by atoms with Crippen LogP contribution in [0.2, 0.25) is 0 Å². The number of aromatic amines is 1. The second kappa shape index (κ2) is 5.89. The molecule has 0 aliphatic carbocycles. The molecule has 5 heteroatoms. The second-order valence-electron chi connectivity index (χ2n) is 5.18. The third kappa shape index (κ3) is 2.93. The predicted octanol–water partition coefficient (Wildman–Crippen LogP) is 3.47. The number of aromatic nitrogens is 2. The van der Waals surface area contributed by atoms with Gasteiger partial charge in [-0.2, -0.15) is 5.10 Å². The average molecular weight is 295 g/mol. The summed E-state index contributed by atoms with van der Waals surface area (Å²) in [6.07, 6.45) is 0. The summed E-state index contributed by atoms with van der Waals surface area (Å²) in [6.45, 7) is 3.75. The fourth-order valence-electron chi connectivity index (χ4n) is 2.23. The van der Waals surface area contributed by atoms with Crippen LogP contribution in [0.25, 0.3) is 11.3 Å². The van der Waals surface area contributed by atoms with Crippen LogP contribution in [0.1, 0.15) is 35.0 Å². The maximum atomic E-state index is 12.3. The van der Waals surface area contributed by atoms with Crippen LogP contribution >= 0.6 is 0 Å². The van der Waals surface area contributed by atoms with Crippen LogP contribution in [0.5, 0.6) is 0 Å². The summed E-state index contributed by atoms with van der Waals surface area (Å²) in [5.74, 6) is 1.34. The van der Waals surface area contributed by atoms with Gasteiger partial charge >= 0.3 is 0 Å². The number of hydrogen-bond donors (Lipinski definition) is 2. The van der Waals surface area contributed by atoms with Gasteiger partial charge in [0.15, 0.2) is 0 Å². The maximum Gasteiger partial charge on any atom is 0.269 e. The van der Waals surface area contributed by atoms with Gasteiger partial charge in [-0.3, -0.25) is 9.89 Å². The molecule has 0 aliphatic heterocycles. The monoisotopic (exact) mass is 295 g/mol. The number of amides is 1. The van der Waals surface area contributed by atoms with E-state index >= 15 is 0 Å².